The monoisotopic (exact) mass is 522 g/mol. The molecule has 0 aliphatic heterocycles. The van der Waals surface area contributed by atoms with E-state index in [-0.39, 0.29) is 12.4 Å². The second kappa shape index (κ2) is 13.0. The molecule has 0 spiro atoms. The summed E-state index contributed by atoms with van der Waals surface area (Å²) in [6.07, 6.45) is 18.5. The van der Waals surface area contributed by atoms with Crippen LogP contribution in [0, 0.1) is 41.2 Å². The lowest BCUT2D eigenvalue weighted by Crippen LogP contribution is -2.34. The number of hydrogen-bond acceptors (Lipinski definition) is 1. The lowest BCUT2D eigenvalue weighted by Gasteiger charge is -2.45. The maximum atomic E-state index is 14.4. The number of halogens is 2. The zero-order valence-corrected chi connectivity index (χ0v) is 23.7. The fourth-order valence-electron chi connectivity index (χ4n) is 8.24. The molecule has 0 amide bonds. The SMILES string of the molecule is CCCc1ccc(OCc2ccc(C3CCC(C4CCC5CC(CCC)CCC5C4)CC3)cc2)c(F)c1F. The van der Waals surface area contributed by atoms with Gasteiger partial charge in [-0.05, 0) is 122 Å². The first-order valence-electron chi connectivity index (χ1n) is 15.7. The molecular formula is C35H48F2O. The molecule has 3 heteroatoms. The predicted molar refractivity (Wildman–Crippen MR) is 152 cm³/mol. The van der Waals surface area contributed by atoms with E-state index >= 15 is 0 Å². The lowest BCUT2D eigenvalue weighted by atomic mass is 9.60. The summed E-state index contributed by atoms with van der Waals surface area (Å²) in [4.78, 5) is 0. The normalized spacial score (nSPS) is 29.6. The van der Waals surface area contributed by atoms with Crippen molar-refractivity contribution in [3.8, 4) is 5.75 Å². The molecule has 1 nitrogen and oxygen atoms in total. The average Bonchev–Trinajstić information content (AvgIpc) is 2.95. The zero-order chi connectivity index (χ0) is 26.5. The smallest absolute Gasteiger partial charge is 0.200 e. The van der Waals surface area contributed by atoms with Gasteiger partial charge < -0.3 is 4.74 Å². The molecule has 3 fully saturated rings. The number of aryl methyl sites for hydroxylation is 1. The molecule has 208 valence electrons. The van der Waals surface area contributed by atoms with Crippen LogP contribution in [0.15, 0.2) is 36.4 Å². The molecule has 3 saturated carbocycles. The topological polar surface area (TPSA) is 9.23 Å². The fourth-order valence-corrected chi connectivity index (χ4v) is 8.24. The molecule has 0 bridgehead atoms. The molecule has 4 atom stereocenters. The molecule has 3 aliphatic rings. The van der Waals surface area contributed by atoms with Gasteiger partial charge >= 0.3 is 0 Å². The average molecular weight is 523 g/mol. The van der Waals surface area contributed by atoms with Crippen LogP contribution in [0.2, 0.25) is 0 Å². The molecule has 2 aromatic carbocycles. The van der Waals surface area contributed by atoms with Crippen LogP contribution < -0.4 is 4.74 Å². The van der Waals surface area contributed by atoms with Gasteiger partial charge in [-0.2, -0.15) is 4.39 Å². The van der Waals surface area contributed by atoms with Crippen molar-refractivity contribution in [2.75, 3.05) is 0 Å². The van der Waals surface area contributed by atoms with Gasteiger partial charge in [0.15, 0.2) is 11.6 Å². The molecule has 0 N–H and O–H groups in total. The maximum absolute atomic E-state index is 14.4. The van der Waals surface area contributed by atoms with E-state index in [1.54, 1.807) is 12.1 Å². The standard InChI is InChI=1S/C35H48F2O/c1-3-5-24-7-12-32-22-31(18-17-30(32)21-24)28-15-13-27(14-16-28)26-10-8-25(9-11-26)23-38-33-20-19-29(6-4-2)34(36)35(33)37/h8-11,19-20,24,27-28,30-32H,3-7,12-18,21-23H2,1-2H3. The van der Waals surface area contributed by atoms with Crippen LogP contribution >= 0.6 is 0 Å². The molecule has 0 aromatic heterocycles. The highest BCUT2D eigenvalue weighted by Gasteiger charge is 2.38. The minimum atomic E-state index is -0.873. The van der Waals surface area contributed by atoms with Gasteiger partial charge in [0.1, 0.15) is 6.61 Å². The minimum absolute atomic E-state index is 0.00668. The van der Waals surface area contributed by atoms with Gasteiger partial charge in [0, 0.05) is 0 Å². The number of hydrogen-bond donors (Lipinski definition) is 0. The van der Waals surface area contributed by atoms with Crippen LogP contribution in [0.3, 0.4) is 0 Å². The third kappa shape index (κ3) is 6.45. The van der Waals surface area contributed by atoms with E-state index < -0.39 is 11.6 Å². The van der Waals surface area contributed by atoms with Crippen molar-refractivity contribution in [3.05, 3.63) is 64.7 Å². The highest BCUT2D eigenvalue weighted by atomic mass is 19.2. The van der Waals surface area contributed by atoms with Crippen LogP contribution in [0.4, 0.5) is 8.78 Å². The third-order valence-electron chi connectivity index (χ3n) is 10.4. The Kier molecular flexibility index (Phi) is 9.44. The third-order valence-corrected chi connectivity index (χ3v) is 10.4. The van der Waals surface area contributed by atoms with Crippen LogP contribution in [-0.4, -0.2) is 0 Å². The van der Waals surface area contributed by atoms with Crippen molar-refractivity contribution in [1.82, 2.24) is 0 Å². The van der Waals surface area contributed by atoms with E-state index in [2.05, 4.69) is 31.2 Å². The summed E-state index contributed by atoms with van der Waals surface area (Å²) in [5.74, 6) is 3.98. The summed E-state index contributed by atoms with van der Waals surface area (Å²) in [6, 6.07) is 11.8. The molecule has 0 radical (unpaired) electrons. The molecule has 2 aromatic rings. The first-order chi connectivity index (χ1) is 18.6. The van der Waals surface area contributed by atoms with Crippen LogP contribution in [-0.2, 0) is 13.0 Å². The van der Waals surface area contributed by atoms with Crippen LogP contribution in [0.1, 0.15) is 120 Å². The van der Waals surface area contributed by atoms with Crippen LogP contribution in [0.25, 0.3) is 0 Å². The van der Waals surface area contributed by atoms with E-state index in [1.165, 1.54) is 82.6 Å². The summed E-state index contributed by atoms with van der Waals surface area (Å²) in [6.45, 7) is 4.56. The second-order valence-electron chi connectivity index (χ2n) is 12.8. The molecule has 38 heavy (non-hydrogen) atoms. The van der Waals surface area contributed by atoms with Gasteiger partial charge in [-0.3, -0.25) is 0 Å². The van der Waals surface area contributed by atoms with Gasteiger partial charge in [0.25, 0.3) is 0 Å². The fraction of sp³-hybridized carbons (Fsp3) is 0.657. The van der Waals surface area contributed by atoms with Gasteiger partial charge in [0.05, 0.1) is 0 Å². The Morgan fingerprint density at radius 2 is 1.34 bits per heavy atom. The molecule has 4 unspecified atom stereocenters. The molecule has 0 heterocycles. The first-order valence-corrected chi connectivity index (χ1v) is 15.7. The van der Waals surface area contributed by atoms with Gasteiger partial charge in [-0.25, -0.2) is 4.39 Å². The number of ether oxygens (including phenoxy) is 1. The molecule has 0 saturated heterocycles. The summed E-state index contributed by atoms with van der Waals surface area (Å²) in [5, 5.41) is 0. The lowest BCUT2D eigenvalue weighted by molar-refractivity contribution is 0.0618. The summed E-state index contributed by atoms with van der Waals surface area (Å²) >= 11 is 0. The highest BCUT2D eigenvalue weighted by molar-refractivity contribution is 5.32. The van der Waals surface area contributed by atoms with Crippen LogP contribution in [0.5, 0.6) is 5.75 Å². The Balaban J connectivity index is 1.08. The maximum Gasteiger partial charge on any atom is 0.200 e. The number of fused-ring (bicyclic) bond motifs is 1. The zero-order valence-electron chi connectivity index (χ0n) is 23.7. The predicted octanol–water partition coefficient (Wildman–Crippen LogP) is 10.4. The van der Waals surface area contributed by atoms with E-state index in [9.17, 15) is 8.78 Å². The Bertz CT molecular complexity index is 1020. The second-order valence-corrected chi connectivity index (χ2v) is 12.8. The Hall–Kier alpha value is -1.90. The van der Waals surface area contributed by atoms with Gasteiger partial charge in [0.2, 0.25) is 5.82 Å². The van der Waals surface area contributed by atoms with E-state index in [1.807, 2.05) is 6.92 Å². The van der Waals surface area contributed by atoms with Crippen molar-refractivity contribution < 1.29 is 13.5 Å². The summed E-state index contributed by atoms with van der Waals surface area (Å²) in [7, 11) is 0. The molecule has 3 aliphatic carbocycles. The van der Waals surface area contributed by atoms with Gasteiger partial charge in [-0.15, -0.1) is 0 Å². The minimum Gasteiger partial charge on any atom is -0.486 e. The number of benzene rings is 2. The van der Waals surface area contributed by atoms with Crippen molar-refractivity contribution in [2.24, 2.45) is 29.6 Å². The summed E-state index contributed by atoms with van der Waals surface area (Å²) < 4.78 is 34.3. The van der Waals surface area contributed by atoms with Crippen molar-refractivity contribution in [3.63, 3.8) is 0 Å². The molecule has 5 rings (SSSR count). The largest absolute Gasteiger partial charge is 0.486 e. The van der Waals surface area contributed by atoms with E-state index in [0.717, 1.165) is 41.6 Å². The van der Waals surface area contributed by atoms with E-state index in [0.29, 0.717) is 17.9 Å². The summed E-state index contributed by atoms with van der Waals surface area (Å²) in [5.41, 5.74) is 2.83. The first kappa shape index (κ1) is 27.7. The van der Waals surface area contributed by atoms with Crippen molar-refractivity contribution in [2.45, 2.75) is 116 Å². The Morgan fingerprint density at radius 3 is 2.05 bits per heavy atom. The van der Waals surface area contributed by atoms with Gasteiger partial charge in [-0.1, -0.05) is 69.9 Å². The van der Waals surface area contributed by atoms with Crippen molar-refractivity contribution in [1.29, 1.82) is 0 Å². The van der Waals surface area contributed by atoms with Crippen molar-refractivity contribution >= 4 is 0 Å². The quantitative estimate of drug-likeness (QED) is 0.318. The van der Waals surface area contributed by atoms with E-state index in [4.69, 9.17) is 4.74 Å². The Labute approximate surface area is 229 Å². The highest BCUT2D eigenvalue weighted by Crippen LogP contribution is 2.50. The Morgan fingerprint density at radius 1 is 0.684 bits per heavy atom. The number of rotatable bonds is 9. The molecular weight excluding hydrogens is 474 g/mol.